The van der Waals surface area contributed by atoms with Crippen molar-refractivity contribution >= 4 is 17.5 Å². The first-order valence-electron chi connectivity index (χ1n) is 8.55. The fourth-order valence-corrected chi connectivity index (χ4v) is 3.41. The van der Waals surface area contributed by atoms with E-state index in [9.17, 15) is 9.59 Å². The Hall–Kier alpha value is -2.82. The minimum Gasteiger partial charge on any atom is -0.453 e. The summed E-state index contributed by atoms with van der Waals surface area (Å²) < 4.78 is 6.10. The topological polar surface area (TPSA) is 58.6 Å². The van der Waals surface area contributed by atoms with Crippen LogP contribution in [0, 0.1) is 5.92 Å². The molecule has 128 valence electrons. The van der Waals surface area contributed by atoms with Crippen molar-refractivity contribution in [3.63, 3.8) is 0 Å². The van der Waals surface area contributed by atoms with E-state index < -0.39 is 5.72 Å². The van der Waals surface area contributed by atoms with Crippen LogP contribution in [0.25, 0.3) is 0 Å². The molecule has 2 aromatic rings. The molecule has 2 amide bonds. The Kier molecular flexibility index (Phi) is 3.53. The quantitative estimate of drug-likeness (QED) is 0.937. The molecule has 0 saturated heterocycles. The van der Waals surface area contributed by atoms with Gasteiger partial charge in [-0.25, -0.2) is 0 Å². The number of rotatable bonds is 3. The van der Waals surface area contributed by atoms with E-state index in [4.69, 9.17) is 4.74 Å². The smallest absolute Gasteiger partial charge is 0.298 e. The maximum Gasteiger partial charge on any atom is 0.298 e. The highest BCUT2D eigenvalue weighted by Crippen LogP contribution is 2.44. The first-order valence-corrected chi connectivity index (χ1v) is 8.55. The number of fused-ring (bicyclic) bond motifs is 3. The SMILES string of the molecule is CC(C)CCN1C(=O)[C@]2(NC(=O)c3ccccc3O2)c2ccccc21. The largest absolute Gasteiger partial charge is 0.453 e. The second-order valence-electron chi connectivity index (χ2n) is 6.89. The summed E-state index contributed by atoms with van der Waals surface area (Å²) >= 11 is 0. The first kappa shape index (κ1) is 15.7. The van der Waals surface area contributed by atoms with Gasteiger partial charge in [0.25, 0.3) is 17.5 Å². The van der Waals surface area contributed by atoms with Crippen molar-refractivity contribution in [1.82, 2.24) is 5.32 Å². The first-order chi connectivity index (χ1) is 12.0. The minimum atomic E-state index is -1.47. The van der Waals surface area contributed by atoms with E-state index in [1.807, 2.05) is 24.3 Å². The van der Waals surface area contributed by atoms with Crippen LogP contribution in [0.1, 0.15) is 36.2 Å². The van der Waals surface area contributed by atoms with Gasteiger partial charge in [-0.3, -0.25) is 9.59 Å². The Morgan fingerprint density at radius 3 is 2.60 bits per heavy atom. The van der Waals surface area contributed by atoms with Gasteiger partial charge in [-0.2, -0.15) is 0 Å². The molecule has 4 rings (SSSR count). The van der Waals surface area contributed by atoms with E-state index in [0.717, 1.165) is 12.1 Å². The third-order valence-corrected chi connectivity index (χ3v) is 4.73. The molecule has 0 aliphatic carbocycles. The monoisotopic (exact) mass is 336 g/mol. The lowest BCUT2D eigenvalue weighted by atomic mass is 10.0. The van der Waals surface area contributed by atoms with Crippen LogP contribution >= 0.6 is 0 Å². The maximum atomic E-state index is 13.3. The summed E-state index contributed by atoms with van der Waals surface area (Å²) in [5.41, 5.74) is 0.456. The lowest BCUT2D eigenvalue weighted by molar-refractivity contribution is -0.136. The van der Waals surface area contributed by atoms with Crippen molar-refractivity contribution in [3.8, 4) is 5.75 Å². The molecule has 0 bridgehead atoms. The van der Waals surface area contributed by atoms with Crippen LogP contribution in [-0.4, -0.2) is 18.4 Å². The van der Waals surface area contributed by atoms with Gasteiger partial charge in [0.15, 0.2) is 0 Å². The molecule has 1 spiro atoms. The molecule has 1 atom stereocenters. The molecule has 5 nitrogen and oxygen atoms in total. The lowest BCUT2D eigenvalue weighted by Crippen LogP contribution is -2.59. The Labute approximate surface area is 146 Å². The molecule has 0 saturated carbocycles. The number of benzene rings is 2. The molecule has 0 fully saturated rings. The van der Waals surface area contributed by atoms with E-state index in [1.165, 1.54) is 0 Å². The Balaban J connectivity index is 1.80. The molecular weight excluding hydrogens is 316 g/mol. The summed E-state index contributed by atoms with van der Waals surface area (Å²) in [7, 11) is 0. The molecule has 0 radical (unpaired) electrons. The molecule has 1 N–H and O–H groups in total. The van der Waals surface area contributed by atoms with E-state index in [2.05, 4.69) is 19.2 Å². The number of carbonyl (C=O) groups excluding carboxylic acids is 2. The molecular formula is C20H20N2O3. The van der Waals surface area contributed by atoms with Gasteiger partial charge in [0.2, 0.25) is 0 Å². The summed E-state index contributed by atoms with van der Waals surface area (Å²) in [5, 5.41) is 2.82. The number of anilines is 1. The zero-order valence-corrected chi connectivity index (χ0v) is 14.3. The number of carbonyl (C=O) groups is 2. The molecule has 2 aliphatic heterocycles. The molecule has 0 unspecified atom stereocenters. The fourth-order valence-electron chi connectivity index (χ4n) is 3.41. The Bertz CT molecular complexity index is 862. The predicted octanol–water partition coefficient (Wildman–Crippen LogP) is 3.05. The van der Waals surface area contributed by atoms with Crippen LogP contribution in [0.5, 0.6) is 5.75 Å². The predicted molar refractivity (Wildman–Crippen MR) is 94.5 cm³/mol. The van der Waals surface area contributed by atoms with Crippen molar-refractivity contribution < 1.29 is 14.3 Å². The standard InChI is InChI=1S/C20H20N2O3/c1-13(2)11-12-22-16-9-5-4-8-15(16)20(19(22)24)21-18(23)14-7-3-6-10-17(14)25-20/h3-10,13H,11-12H2,1-2H3,(H,21,23)/t20-/m0/s1. The average molecular weight is 336 g/mol. The highest BCUT2D eigenvalue weighted by atomic mass is 16.5. The van der Waals surface area contributed by atoms with Crippen molar-refractivity contribution in [2.75, 3.05) is 11.4 Å². The van der Waals surface area contributed by atoms with Crippen LogP contribution in [0.2, 0.25) is 0 Å². The highest BCUT2D eigenvalue weighted by Gasteiger charge is 2.56. The molecule has 2 aromatic carbocycles. The van der Waals surface area contributed by atoms with Gasteiger partial charge < -0.3 is 15.0 Å². The molecule has 2 aliphatic rings. The van der Waals surface area contributed by atoms with E-state index in [1.54, 1.807) is 29.2 Å². The van der Waals surface area contributed by atoms with Gasteiger partial charge in [0, 0.05) is 6.54 Å². The average Bonchev–Trinajstić information content (AvgIpc) is 2.82. The Morgan fingerprint density at radius 1 is 1.08 bits per heavy atom. The van der Waals surface area contributed by atoms with Crippen LogP contribution in [0.15, 0.2) is 48.5 Å². The van der Waals surface area contributed by atoms with Gasteiger partial charge in [0.1, 0.15) is 5.75 Å². The summed E-state index contributed by atoms with van der Waals surface area (Å²) in [6.07, 6.45) is 0.876. The highest BCUT2D eigenvalue weighted by molar-refractivity contribution is 6.11. The number of para-hydroxylation sites is 2. The summed E-state index contributed by atoms with van der Waals surface area (Å²) in [6.45, 7) is 4.84. The van der Waals surface area contributed by atoms with E-state index >= 15 is 0 Å². The van der Waals surface area contributed by atoms with Crippen LogP contribution in [-0.2, 0) is 10.5 Å². The second kappa shape index (κ2) is 5.62. The van der Waals surface area contributed by atoms with Crippen molar-refractivity contribution in [1.29, 1.82) is 0 Å². The third kappa shape index (κ3) is 2.30. The van der Waals surface area contributed by atoms with Gasteiger partial charge in [-0.05, 0) is 30.5 Å². The zero-order chi connectivity index (χ0) is 17.6. The normalized spacial score (nSPS) is 21.2. The summed E-state index contributed by atoms with van der Waals surface area (Å²) in [5.74, 6) is 0.368. The summed E-state index contributed by atoms with van der Waals surface area (Å²) in [6, 6.07) is 14.5. The van der Waals surface area contributed by atoms with Gasteiger partial charge in [0.05, 0.1) is 16.8 Å². The fraction of sp³-hybridized carbons (Fsp3) is 0.300. The lowest BCUT2D eigenvalue weighted by Gasteiger charge is -2.35. The Morgan fingerprint density at radius 2 is 1.80 bits per heavy atom. The number of hydrogen-bond donors (Lipinski definition) is 1. The number of nitrogens with zero attached hydrogens (tertiary/aromatic N) is 1. The second-order valence-corrected chi connectivity index (χ2v) is 6.89. The van der Waals surface area contributed by atoms with Crippen LogP contribution in [0.4, 0.5) is 5.69 Å². The maximum absolute atomic E-state index is 13.3. The van der Waals surface area contributed by atoms with Gasteiger partial charge in [-0.15, -0.1) is 0 Å². The third-order valence-electron chi connectivity index (χ3n) is 4.73. The number of amides is 2. The molecule has 5 heteroatoms. The van der Waals surface area contributed by atoms with Gasteiger partial charge in [-0.1, -0.05) is 44.2 Å². The molecule has 25 heavy (non-hydrogen) atoms. The zero-order valence-electron chi connectivity index (χ0n) is 14.3. The van der Waals surface area contributed by atoms with E-state index in [-0.39, 0.29) is 11.8 Å². The number of hydrogen-bond acceptors (Lipinski definition) is 3. The van der Waals surface area contributed by atoms with Crippen molar-refractivity contribution in [3.05, 3.63) is 59.7 Å². The van der Waals surface area contributed by atoms with Crippen LogP contribution in [0.3, 0.4) is 0 Å². The van der Waals surface area contributed by atoms with Crippen LogP contribution < -0.4 is 15.0 Å². The number of ether oxygens (including phenoxy) is 1. The molecule has 2 heterocycles. The summed E-state index contributed by atoms with van der Waals surface area (Å²) in [4.78, 5) is 27.6. The van der Waals surface area contributed by atoms with Crippen molar-refractivity contribution in [2.24, 2.45) is 5.92 Å². The van der Waals surface area contributed by atoms with Crippen molar-refractivity contribution in [2.45, 2.75) is 26.0 Å². The minimum absolute atomic E-state index is 0.239. The molecule has 0 aromatic heterocycles. The number of nitrogens with one attached hydrogen (secondary N) is 1. The van der Waals surface area contributed by atoms with E-state index in [0.29, 0.717) is 29.3 Å². The van der Waals surface area contributed by atoms with Gasteiger partial charge >= 0.3 is 0 Å².